The van der Waals surface area contributed by atoms with Crippen LogP contribution in [0.2, 0.25) is 0 Å². The molecule has 2 heterocycles. The van der Waals surface area contributed by atoms with Crippen LogP contribution in [0.25, 0.3) is 0 Å². The van der Waals surface area contributed by atoms with E-state index in [1.807, 2.05) is 11.8 Å². The quantitative estimate of drug-likeness (QED) is 0.838. The van der Waals surface area contributed by atoms with Crippen LogP contribution < -0.4 is 0 Å². The lowest BCUT2D eigenvalue weighted by Crippen LogP contribution is -2.47. The second-order valence-electron chi connectivity index (χ2n) is 5.64. The van der Waals surface area contributed by atoms with Crippen molar-refractivity contribution in [2.75, 3.05) is 39.3 Å². The van der Waals surface area contributed by atoms with Crippen LogP contribution in [0.15, 0.2) is 0 Å². The Labute approximate surface area is 120 Å². The third-order valence-electron chi connectivity index (χ3n) is 4.32. The Hall–Kier alpha value is -1.30. The zero-order chi connectivity index (χ0) is 14.5. The molecule has 20 heavy (non-hydrogen) atoms. The zero-order valence-electron chi connectivity index (χ0n) is 12.3. The number of carboxylic acid groups (broad SMARTS) is 1. The highest BCUT2D eigenvalue weighted by molar-refractivity contribution is 5.75. The number of urea groups is 1. The number of hydrogen-bond donors (Lipinski definition) is 1. The van der Waals surface area contributed by atoms with Gasteiger partial charge in [-0.1, -0.05) is 0 Å². The Bertz CT molecular complexity index is 362. The summed E-state index contributed by atoms with van der Waals surface area (Å²) in [5.74, 6) is -0.853. The predicted octanol–water partition coefficient (Wildman–Crippen LogP) is 1.07. The van der Waals surface area contributed by atoms with Crippen molar-refractivity contribution >= 4 is 12.0 Å². The molecule has 0 aromatic carbocycles. The summed E-state index contributed by atoms with van der Waals surface area (Å²) in [5.41, 5.74) is 0. The summed E-state index contributed by atoms with van der Waals surface area (Å²) in [6.45, 7) is 6.59. The van der Waals surface area contributed by atoms with Crippen molar-refractivity contribution in [1.82, 2.24) is 14.7 Å². The molecule has 6 nitrogen and oxygen atoms in total. The van der Waals surface area contributed by atoms with Crippen molar-refractivity contribution in [3.05, 3.63) is 0 Å². The number of hydrogen-bond acceptors (Lipinski definition) is 3. The third-order valence-corrected chi connectivity index (χ3v) is 4.32. The van der Waals surface area contributed by atoms with E-state index in [1.54, 1.807) is 4.90 Å². The molecule has 0 spiro atoms. The van der Waals surface area contributed by atoms with Gasteiger partial charge in [0, 0.05) is 38.8 Å². The monoisotopic (exact) mass is 283 g/mol. The Morgan fingerprint density at radius 2 is 2.00 bits per heavy atom. The number of carboxylic acids is 1. The van der Waals surface area contributed by atoms with E-state index in [-0.39, 0.29) is 12.5 Å². The molecule has 1 N–H and O–H groups in total. The fraction of sp³-hybridized carbons (Fsp3) is 0.857. The van der Waals surface area contributed by atoms with Crippen molar-refractivity contribution in [3.63, 3.8) is 0 Å². The Morgan fingerprint density at radius 1 is 1.25 bits per heavy atom. The van der Waals surface area contributed by atoms with Gasteiger partial charge in [-0.3, -0.25) is 9.69 Å². The van der Waals surface area contributed by atoms with Gasteiger partial charge in [-0.15, -0.1) is 0 Å². The molecule has 0 aromatic heterocycles. The summed E-state index contributed by atoms with van der Waals surface area (Å²) < 4.78 is 0. The molecule has 0 aromatic rings. The first-order chi connectivity index (χ1) is 9.61. The molecular formula is C14H25N3O3. The van der Waals surface area contributed by atoms with Crippen molar-refractivity contribution in [2.24, 2.45) is 0 Å². The van der Waals surface area contributed by atoms with Crippen LogP contribution in [-0.4, -0.2) is 77.1 Å². The van der Waals surface area contributed by atoms with Crippen LogP contribution >= 0.6 is 0 Å². The molecule has 6 heteroatoms. The van der Waals surface area contributed by atoms with Crippen LogP contribution in [0.3, 0.4) is 0 Å². The molecule has 2 rings (SSSR count). The molecule has 114 valence electrons. The summed E-state index contributed by atoms with van der Waals surface area (Å²) in [5, 5.41) is 8.76. The standard InChI is InChI=1S/C14H25N3O3/c1-2-15(10-6-13(18)19)14(20)17-9-4-8-16-7-3-5-12(16)11-17/h12H,2-11H2,1H3,(H,18,19). The van der Waals surface area contributed by atoms with E-state index in [2.05, 4.69) is 4.90 Å². The molecule has 2 aliphatic rings. The second kappa shape index (κ2) is 6.92. The van der Waals surface area contributed by atoms with Crippen molar-refractivity contribution in [1.29, 1.82) is 0 Å². The number of carbonyl (C=O) groups is 2. The van der Waals surface area contributed by atoms with Gasteiger partial charge in [0.1, 0.15) is 0 Å². The van der Waals surface area contributed by atoms with Crippen molar-refractivity contribution in [3.8, 4) is 0 Å². The highest BCUT2D eigenvalue weighted by Crippen LogP contribution is 2.21. The minimum absolute atomic E-state index is 0.00231. The van der Waals surface area contributed by atoms with E-state index < -0.39 is 5.97 Å². The van der Waals surface area contributed by atoms with Crippen molar-refractivity contribution < 1.29 is 14.7 Å². The van der Waals surface area contributed by atoms with E-state index in [0.717, 1.165) is 32.6 Å². The first-order valence-electron chi connectivity index (χ1n) is 7.61. The fourth-order valence-electron chi connectivity index (χ4n) is 3.20. The maximum atomic E-state index is 12.5. The molecule has 2 saturated heterocycles. The SMILES string of the molecule is CCN(CCC(=O)O)C(=O)N1CCCN2CCCC2C1. The van der Waals surface area contributed by atoms with Gasteiger partial charge >= 0.3 is 12.0 Å². The Morgan fingerprint density at radius 3 is 2.70 bits per heavy atom. The number of fused-ring (bicyclic) bond motifs is 1. The third kappa shape index (κ3) is 3.62. The molecule has 1 atom stereocenters. The lowest BCUT2D eigenvalue weighted by atomic mass is 10.2. The van der Waals surface area contributed by atoms with Gasteiger partial charge < -0.3 is 14.9 Å². The minimum atomic E-state index is -0.853. The number of aliphatic carboxylic acids is 1. The topological polar surface area (TPSA) is 64.1 Å². The van der Waals surface area contributed by atoms with Crippen LogP contribution in [0.5, 0.6) is 0 Å². The van der Waals surface area contributed by atoms with Gasteiger partial charge in [0.15, 0.2) is 0 Å². The van der Waals surface area contributed by atoms with E-state index in [1.165, 1.54) is 12.8 Å². The largest absolute Gasteiger partial charge is 0.481 e. The Balaban J connectivity index is 1.93. The first kappa shape index (κ1) is 15.1. The van der Waals surface area contributed by atoms with Gasteiger partial charge in [-0.25, -0.2) is 4.79 Å². The smallest absolute Gasteiger partial charge is 0.320 e. The maximum Gasteiger partial charge on any atom is 0.320 e. The summed E-state index contributed by atoms with van der Waals surface area (Å²) in [7, 11) is 0. The van der Waals surface area contributed by atoms with Gasteiger partial charge in [0.05, 0.1) is 6.42 Å². The summed E-state index contributed by atoms with van der Waals surface area (Å²) in [6, 6.07) is 0.502. The second-order valence-corrected chi connectivity index (χ2v) is 5.64. The molecular weight excluding hydrogens is 258 g/mol. The minimum Gasteiger partial charge on any atom is -0.481 e. The molecule has 2 amide bonds. The maximum absolute atomic E-state index is 12.5. The number of carbonyl (C=O) groups excluding carboxylic acids is 1. The van der Waals surface area contributed by atoms with Gasteiger partial charge in [0.25, 0.3) is 0 Å². The van der Waals surface area contributed by atoms with Crippen LogP contribution in [0, 0.1) is 0 Å². The molecule has 0 aliphatic carbocycles. The van der Waals surface area contributed by atoms with Crippen LogP contribution in [-0.2, 0) is 4.79 Å². The van der Waals surface area contributed by atoms with Crippen molar-refractivity contribution in [2.45, 2.75) is 38.6 Å². The highest BCUT2D eigenvalue weighted by Gasteiger charge is 2.31. The number of nitrogens with zero attached hydrogens (tertiary/aromatic N) is 3. The van der Waals surface area contributed by atoms with Gasteiger partial charge in [-0.05, 0) is 32.7 Å². The molecule has 0 saturated carbocycles. The van der Waals surface area contributed by atoms with E-state index in [9.17, 15) is 9.59 Å². The lowest BCUT2D eigenvalue weighted by molar-refractivity contribution is -0.137. The Kier molecular flexibility index (Phi) is 5.23. The highest BCUT2D eigenvalue weighted by atomic mass is 16.4. The normalized spacial score (nSPS) is 23.2. The molecule has 1 unspecified atom stereocenters. The van der Waals surface area contributed by atoms with Gasteiger partial charge in [0.2, 0.25) is 0 Å². The number of amides is 2. The molecule has 0 bridgehead atoms. The average molecular weight is 283 g/mol. The predicted molar refractivity (Wildman–Crippen MR) is 75.7 cm³/mol. The van der Waals surface area contributed by atoms with Gasteiger partial charge in [-0.2, -0.15) is 0 Å². The summed E-state index contributed by atoms with van der Waals surface area (Å²) >= 11 is 0. The molecule has 2 aliphatic heterocycles. The van der Waals surface area contributed by atoms with Crippen LogP contribution in [0.1, 0.15) is 32.6 Å². The lowest BCUT2D eigenvalue weighted by Gasteiger charge is -2.31. The first-order valence-corrected chi connectivity index (χ1v) is 7.61. The van der Waals surface area contributed by atoms with E-state index in [4.69, 9.17) is 5.11 Å². The number of rotatable bonds is 4. The van der Waals surface area contributed by atoms with Crippen LogP contribution in [0.4, 0.5) is 4.79 Å². The zero-order valence-corrected chi connectivity index (χ0v) is 12.3. The fourth-order valence-corrected chi connectivity index (χ4v) is 3.20. The molecule has 2 fully saturated rings. The summed E-state index contributed by atoms with van der Waals surface area (Å²) in [6.07, 6.45) is 3.43. The van der Waals surface area contributed by atoms with E-state index >= 15 is 0 Å². The average Bonchev–Trinajstić information content (AvgIpc) is 2.76. The van der Waals surface area contributed by atoms with E-state index in [0.29, 0.717) is 19.1 Å². The molecule has 0 radical (unpaired) electrons. The summed E-state index contributed by atoms with van der Waals surface area (Å²) in [4.78, 5) is 29.2.